The number of nitrogens with zero attached hydrogens (tertiary/aromatic N) is 1. The van der Waals surface area contributed by atoms with Crippen LogP contribution in [0.5, 0.6) is 0 Å². The average Bonchev–Trinajstić information content (AvgIpc) is 2.69. The van der Waals surface area contributed by atoms with E-state index in [1.807, 2.05) is 46.4 Å². The average molecular weight is 465 g/mol. The van der Waals surface area contributed by atoms with Crippen LogP contribution in [0.25, 0.3) is 0 Å². The predicted octanol–water partition coefficient (Wildman–Crippen LogP) is 3.66. The van der Waals surface area contributed by atoms with E-state index in [2.05, 4.69) is 5.32 Å². The number of piperidine rings is 1. The molecular formula is C25H40N2O4S. The molecule has 0 bridgehead atoms. The van der Waals surface area contributed by atoms with Crippen molar-refractivity contribution < 1.29 is 18.0 Å². The Bertz CT molecular complexity index is 943. The number of sulfone groups is 1. The summed E-state index contributed by atoms with van der Waals surface area (Å²) >= 11 is 0. The molecule has 2 rings (SSSR count). The second-order valence-electron chi connectivity index (χ2n) is 9.86. The van der Waals surface area contributed by atoms with Gasteiger partial charge in [-0.3, -0.25) is 9.59 Å². The van der Waals surface area contributed by atoms with Crippen LogP contribution in [-0.2, 0) is 21.1 Å². The zero-order valence-electron chi connectivity index (χ0n) is 21.0. The maximum atomic E-state index is 13.1. The lowest BCUT2D eigenvalue weighted by Crippen LogP contribution is -2.41. The van der Waals surface area contributed by atoms with E-state index in [0.29, 0.717) is 25.1 Å². The first-order valence-corrected chi connectivity index (χ1v) is 13.4. The third-order valence-electron chi connectivity index (χ3n) is 6.91. The molecule has 1 heterocycles. The van der Waals surface area contributed by atoms with Gasteiger partial charge in [0, 0.05) is 24.7 Å². The van der Waals surface area contributed by atoms with Crippen molar-refractivity contribution in [1.29, 1.82) is 0 Å². The maximum absolute atomic E-state index is 13.1. The lowest BCUT2D eigenvalue weighted by atomic mass is 9.86. The van der Waals surface area contributed by atoms with E-state index in [1.54, 1.807) is 13.8 Å². The molecule has 1 fully saturated rings. The molecule has 1 N–H and O–H groups in total. The lowest BCUT2D eigenvalue weighted by molar-refractivity contribution is -0.131. The molecule has 0 atom stereocenters. The maximum Gasteiger partial charge on any atom is 0.252 e. The highest BCUT2D eigenvalue weighted by Gasteiger charge is 2.29. The summed E-state index contributed by atoms with van der Waals surface area (Å²) in [6.45, 7) is 16.4. The molecule has 0 saturated carbocycles. The quantitative estimate of drug-likeness (QED) is 0.667. The van der Waals surface area contributed by atoms with Gasteiger partial charge in [-0.25, -0.2) is 8.42 Å². The summed E-state index contributed by atoms with van der Waals surface area (Å²) < 4.78 is 24.4. The first kappa shape index (κ1) is 26.4. The molecule has 7 heteroatoms. The molecule has 180 valence electrons. The van der Waals surface area contributed by atoms with Gasteiger partial charge < -0.3 is 10.2 Å². The van der Waals surface area contributed by atoms with E-state index < -0.39 is 9.84 Å². The van der Waals surface area contributed by atoms with Gasteiger partial charge in [0.2, 0.25) is 5.91 Å². The highest BCUT2D eigenvalue weighted by atomic mass is 32.2. The van der Waals surface area contributed by atoms with Crippen molar-refractivity contribution in [3.63, 3.8) is 0 Å². The Morgan fingerprint density at radius 2 is 1.44 bits per heavy atom. The summed E-state index contributed by atoms with van der Waals surface area (Å²) in [5, 5.41) is 2.62. The number of hydrogen-bond donors (Lipinski definition) is 1. The Kier molecular flexibility index (Phi) is 8.54. The number of hydrogen-bond acceptors (Lipinski definition) is 4. The van der Waals surface area contributed by atoms with Crippen LogP contribution in [0.15, 0.2) is 0 Å². The second kappa shape index (κ2) is 10.4. The molecule has 1 aliphatic rings. The van der Waals surface area contributed by atoms with Crippen molar-refractivity contribution in [3.8, 4) is 0 Å². The predicted molar refractivity (Wildman–Crippen MR) is 130 cm³/mol. The van der Waals surface area contributed by atoms with Crippen LogP contribution in [0.1, 0.15) is 78.7 Å². The van der Waals surface area contributed by atoms with E-state index >= 15 is 0 Å². The third-order valence-corrected chi connectivity index (χ3v) is 9.28. The number of likely N-dealkylation sites (tertiary alicyclic amines) is 1. The topological polar surface area (TPSA) is 83.6 Å². The number of carbonyl (C=O) groups is 2. The van der Waals surface area contributed by atoms with Gasteiger partial charge in [0.05, 0.1) is 17.4 Å². The number of benzene rings is 1. The third kappa shape index (κ3) is 5.91. The SMILES string of the molecule is Cc1c(C)c(C(=O)NC(C)C)c(C)c(C)c1CC(=O)N1CCC(CS(=O)(=O)C(C)C)CC1. The van der Waals surface area contributed by atoms with Crippen LogP contribution >= 0.6 is 0 Å². The Balaban J connectivity index is 2.13. The van der Waals surface area contributed by atoms with Crippen molar-refractivity contribution in [3.05, 3.63) is 33.4 Å². The zero-order chi connectivity index (χ0) is 24.4. The van der Waals surface area contributed by atoms with E-state index in [-0.39, 0.29) is 34.8 Å². The molecule has 0 radical (unpaired) electrons. The molecule has 1 aromatic rings. The smallest absolute Gasteiger partial charge is 0.252 e. The fourth-order valence-corrected chi connectivity index (χ4v) is 5.84. The summed E-state index contributed by atoms with van der Waals surface area (Å²) in [6, 6.07) is 0.0571. The first-order valence-electron chi connectivity index (χ1n) is 11.7. The van der Waals surface area contributed by atoms with Gasteiger partial charge in [-0.1, -0.05) is 0 Å². The van der Waals surface area contributed by atoms with Crippen LogP contribution in [-0.4, -0.2) is 55.3 Å². The Morgan fingerprint density at radius 1 is 0.938 bits per heavy atom. The highest BCUT2D eigenvalue weighted by Crippen LogP contribution is 2.28. The zero-order valence-corrected chi connectivity index (χ0v) is 21.8. The minimum absolute atomic E-state index is 0.0571. The second-order valence-corrected chi connectivity index (χ2v) is 12.5. The number of rotatable bonds is 7. The van der Waals surface area contributed by atoms with Gasteiger partial charge >= 0.3 is 0 Å². The highest BCUT2D eigenvalue weighted by molar-refractivity contribution is 7.91. The Labute approximate surface area is 194 Å². The summed E-state index contributed by atoms with van der Waals surface area (Å²) in [5.74, 6) is 0.332. The van der Waals surface area contributed by atoms with Gasteiger partial charge in [0.25, 0.3) is 5.91 Å². The van der Waals surface area contributed by atoms with Crippen molar-refractivity contribution in [2.24, 2.45) is 5.92 Å². The summed E-state index contributed by atoms with van der Waals surface area (Å²) in [7, 11) is -3.06. The molecule has 0 unspecified atom stereocenters. The lowest BCUT2D eigenvalue weighted by Gasteiger charge is -2.32. The Hall–Kier alpha value is -1.89. The van der Waals surface area contributed by atoms with Crippen LogP contribution in [0.3, 0.4) is 0 Å². The molecule has 1 aliphatic heterocycles. The number of carbonyl (C=O) groups excluding carboxylic acids is 2. The van der Waals surface area contributed by atoms with E-state index in [4.69, 9.17) is 0 Å². The molecular weight excluding hydrogens is 424 g/mol. The molecule has 1 aromatic carbocycles. The van der Waals surface area contributed by atoms with E-state index in [1.165, 1.54) is 0 Å². The van der Waals surface area contributed by atoms with Gasteiger partial charge in [-0.05, 0) is 102 Å². The molecule has 0 aromatic heterocycles. The first-order chi connectivity index (χ1) is 14.8. The largest absolute Gasteiger partial charge is 0.350 e. The van der Waals surface area contributed by atoms with Crippen molar-refractivity contribution in [2.75, 3.05) is 18.8 Å². The molecule has 2 amide bonds. The molecule has 1 saturated heterocycles. The Morgan fingerprint density at radius 3 is 1.88 bits per heavy atom. The number of amides is 2. The van der Waals surface area contributed by atoms with Crippen LogP contribution < -0.4 is 5.32 Å². The monoisotopic (exact) mass is 464 g/mol. The van der Waals surface area contributed by atoms with Gasteiger partial charge in [-0.2, -0.15) is 0 Å². The normalized spacial score (nSPS) is 15.5. The summed E-state index contributed by atoms with van der Waals surface area (Å²) in [5.41, 5.74) is 5.53. The van der Waals surface area contributed by atoms with Crippen LogP contribution in [0.4, 0.5) is 0 Å². The van der Waals surface area contributed by atoms with Crippen molar-refractivity contribution >= 4 is 21.7 Å². The van der Waals surface area contributed by atoms with Gasteiger partial charge in [-0.15, -0.1) is 0 Å². The van der Waals surface area contributed by atoms with E-state index in [9.17, 15) is 18.0 Å². The summed E-state index contributed by atoms with van der Waals surface area (Å²) in [6.07, 6.45) is 1.75. The molecule has 6 nitrogen and oxygen atoms in total. The molecule has 0 spiro atoms. The molecule has 32 heavy (non-hydrogen) atoms. The summed E-state index contributed by atoms with van der Waals surface area (Å²) in [4.78, 5) is 27.7. The number of nitrogens with one attached hydrogen (secondary N) is 1. The van der Waals surface area contributed by atoms with E-state index in [0.717, 1.165) is 40.7 Å². The molecule has 0 aliphatic carbocycles. The minimum Gasteiger partial charge on any atom is -0.350 e. The van der Waals surface area contributed by atoms with Crippen LogP contribution in [0.2, 0.25) is 0 Å². The fraction of sp³-hybridized carbons (Fsp3) is 0.680. The van der Waals surface area contributed by atoms with Crippen molar-refractivity contribution in [2.45, 2.75) is 85.9 Å². The minimum atomic E-state index is -3.06. The van der Waals surface area contributed by atoms with Crippen LogP contribution in [0, 0.1) is 33.6 Å². The van der Waals surface area contributed by atoms with Gasteiger partial charge in [0.15, 0.2) is 9.84 Å². The fourth-order valence-electron chi connectivity index (χ4n) is 4.46. The van der Waals surface area contributed by atoms with Gasteiger partial charge in [0.1, 0.15) is 0 Å². The standard InChI is InChI=1S/C25H40N2O4S/c1-15(2)26-25(29)24-19(7)17(5)22(18(6)20(24)8)13-23(28)27-11-9-21(10-12-27)14-32(30,31)16(3)4/h15-16,21H,9-14H2,1-8H3,(H,26,29). The van der Waals surface area contributed by atoms with Crippen molar-refractivity contribution in [1.82, 2.24) is 10.2 Å².